The number of fused-ring (bicyclic) bond motifs is 1. The molecule has 0 unspecified atom stereocenters. The quantitative estimate of drug-likeness (QED) is 0.803. The molecular formula is C21H26N2O4S. The summed E-state index contributed by atoms with van der Waals surface area (Å²) in [5, 5.41) is 3.61. The Kier molecular flexibility index (Phi) is 5.65. The third kappa shape index (κ3) is 4.30. The number of amides is 2. The van der Waals surface area contributed by atoms with Crippen LogP contribution in [0.5, 0.6) is 11.5 Å². The largest absolute Gasteiger partial charge is 0.454 e. The summed E-state index contributed by atoms with van der Waals surface area (Å²) in [6.45, 7) is 10.7. The average Bonchev–Trinajstić information content (AvgIpc) is 3.24. The van der Waals surface area contributed by atoms with E-state index in [9.17, 15) is 9.59 Å². The number of benzene rings is 1. The second-order valence-corrected chi connectivity index (χ2v) is 8.89. The molecule has 0 fully saturated rings. The first-order valence-corrected chi connectivity index (χ1v) is 10.1. The van der Waals surface area contributed by atoms with Gasteiger partial charge in [0.2, 0.25) is 12.7 Å². The van der Waals surface area contributed by atoms with Crippen LogP contribution in [0.4, 0.5) is 5.00 Å². The lowest BCUT2D eigenvalue weighted by atomic mass is 9.96. The Labute approximate surface area is 169 Å². The molecule has 7 heteroatoms. The second-order valence-electron chi connectivity index (χ2n) is 7.83. The maximum atomic E-state index is 13.1. The van der Waals surface area contributed by atoms with Gasteiger partial charge in [0.05, 0.1) is 9.88 Å². The number of hydrogen-bond donors (Lipinski definition) is 1. The van der Waals surface area contributed by atoms with E-state index < -0.39 is 5.41 Å². The molecule has 0 saturated heterocycles. The van der Waals surface area contributed by atoms with E-state index in [0.29, 0.717) is 28.7 Å². The molecule has 1 aromatic heterocycles. The minimum absolute atomic E-state index is 0.0427. The zero-order chi connectivity index (χ0) is 20.5. The van der Waals surface area contributed by atoms with Crippen molar-refractivity contribution in [3.05, 3.63) is 40.3 Å². The van der Waals surface area contributed by atoms with E-state index in [1.54, 1.807) is 4.90 Å². The van der Waals surface area contributed by atoms with Crippen molar-refractivity contribution in [2.45, 2.75) is 41.2 Å². The third-order valence-corrected chi connectivity index (χ3v) is 5.65. The summed E-state index contributed by atoms with van der Waals surface area (Å²) in [7, 11) is 0. The van der Waals surface area contributed by atoms with Crippen LogP contribution in [0.3, 0.4) is 0 Å². The van der Waals surface area contributed by atoms with Gasteiger partial charge in [0.1, 0.15) is 0 Å². The normalized spacial score (nSPS) is 12.8. The van der Waals surface area contributed by atoms with Crippen LogP contribution in [0, 0.1) is 12.3 Å². The van der Waals surface area contributed by atoms with E-state index >= 15 is 0 Å². The van der Waals surface area contributed by atoms with Gasteiger partial charge in [-0.2, -0.15) is 0 Å². The second kappa shape index (κ2) is 7.83. The molecule has 0 aliphatic carbocycles. The van der Waals surface area contributed by atoms with E-state index in [0.717, 1.165) is 16.9 Å². The lowest BCUT2D eigenvalue weighted by Crippen LogP contribution is -2.30. The summed E-state index contributed by atoms with van der Waals surface area (Å²) >= 11 is 1.32. The smallest absolute Gasteiger partial charge is 0.264 e. The Morgan fingerprint density at radius 2 is 1.89 bits per heavy atom. The maximum Gasteiger partial charge on any atom is 0.264 e. The zero-order valence-corrected chi connectivity index (χ0v) is 17.7. The number of carbonyl (C=O) groups excluding carboxylic acids is 2. The van der Waals surface area contributed by atoms with Crippen LogP contribution in [0.15, 0.2) is 24.3 Å². The summed E-state index contributed by atoms with van der Waals surface area (Å²) < 4.78 is 10.8. The molecule has 2 heterocycles. The van der Waals surface area contributed by atoms with Crippen LogP contribution < -0.4 is 14.8 Å². The first kappa shape index (κ1) is 20.2. The SMILES string of the molecule is CCN(Cc1ccc2c(c1)OCO2)C(=O)c1sc(NC(=O)C(C)(C)C)cc1C. The monoisotopic (exact) mass is 402 g/mol. The number of aryl methyl sites for hydroxylation is 1. The molecule has 1 aromatic carbocycles. The number of rotatable bonds is 5. The molecule has 0 bridgehead atoms. The van der Waals surface area contributed by atoms with Crippen molar-refractivity contribution in [2.24, 2.45) is 5.41 Å². The molecule has 1 N–H and O–H groups in total. The van der Waals surface area contributed by atoms with Gasteiger partial charge in [-0.25, -0.2) is 0 Å². The van der Waals surface area contributed by atoms with Crippen molar-refractivity contribution in [3.63, 3.8) is 0 Å². The van der Waals surface area contributed by atoms with E-state index in [1.807, 2.05) is 58.9 Å². The molecule has 0 saturated carbocycles. The molecule has 1 aliphatic heterocycles. The van der Waals surface area contributed by atoms with Crippen LogP contribution in [0.1, 0.15) is 48.5 Å². The van der Waals surface area contributed by atoms with Crippen LogP contribution in [0.25, 0.3) is 0 Å². The Balaban J connectivity index is 1.75. The minimum atomic E-state index is -0.489. The van der Waals surface area contributed by atoms with Gasteiger partial charge in [-0.05, 0) is 43.2 Å². The fourth-order valence-electron chi connectivity index (χ4n) is 2.79. The molecule has 0 spiro atoms. The fourth-order valence-corrected chi connectivity index (χ4v) is 3.82. The first-order valence-electron chi connectivity index (χ1n) is 9.28. The molecule has 28 heavy (non-hydrogen) atoms. The summed E-state index contributed by atoms with van der Waals surface area (Å²) in [6.07, 6.45) is 0. The van der Waals surface area contributed by atoms with Crippen molar-refractivity contribution < 1.29 is 19.1 Å². The maximum absolute atomic E-state index is 13.1. The van der Waals surface area contributed by atoms with Crippen molar-refractivity contribution >= 4 is 28.2 Å². The van der Waals surface area contributed by atoms with Gasteiger partial charge in [-0.3, -0.25) is 9.59 Å². The van der Waals surface area contributed by atoms with Gasteiger partial charge in [-0.15, -0.1) is 11.3 Å². The van der Waals surface area contributed by atoms with Gasteiger partial charge in [0, 0.05) is 18.5 Å². The van der Waals surface area contributed by atoms with E-state index in [2.05, 4.69) is 5.32 Å². The summed E-state index contributed by atoms with van der Waals surface area (Å²) in [4.78, 5) is 27.8. The van der Waals surface area contributed by atoms with Crippen LogP contribution in [-0.2, 0) is 11.3 Å². The molecule has 2 amide bonds. The highest BCUT2D eigenvalue weighted by molar-refractivity contribution is 7.18. The molecule has 150 valence electrons. The van der Waals surface area contributed by atoms with Crippen molar-refractivity contribution in [1.29, 1.82) is 0 Å². The van der Waals surface area contributed by atoms with E-state index in [-0.39, 0.29) is 18.6 Å². The number of ether oxygens (including phenoxy) is 2. The average molecular weight is 403 g/mol. The lowest BCUT2D eigenvalue weighted by molar-refractivity contribution is -0.123. The fraction of sp³-hybridized carbons (Fsp3) is 0.429. The molecular weight excluding hydrogens is 376 g/mol. The molecule has 0 radical (unpaired) electrons. The number of thiophene rings is 1. The minimum Gasteiger partial charge on any atom is -0.454 e. The van der Waals surface area contributed by atoms with Crippen LogP contribution >= 0.6 is 11.3 Å². The lowest BCUT2D eigenvalue weighted by Gasteiger charge is -2.21. The van der Waals surface area contributed by atoms with Crippen LogP contribution in [-0.4, -0.2) is 30.1 Å². The summed E-state index contributed by atoms with van der Waals surface area (Å²) in [5.41, 5.74) is 1.36. The predicted molar refractivity (Wildman–Crippen MR) is 110 cm³/mol. The van der Waals surface area contributed by atoms with Gasteiger partial charge >= 0.3 is 0 Å². The molecule has 0 atom stereocenters. The zero-order valence-electron chi connectivity index (χ0n) is 16.9. The highest BCUT2D eigenvalue weighted by atomic mass is 32.1. The predicted octanol–water partition coefficient (Wildman–Crippen LogP) is 4.43. The topological polar surface area (TPSA) is 67.9 Å². The summed E-state index contributed by atoms with van der Waals surface area (Å²) in [5.74, 6) is 1.33. The first-order chi connectivity index (χ1) is 13.2. The van der Waals surface area contributed by atoms with E-state index in [1.165, 1.54) is 11.3 Å². The Morgan fingerprint density at radius 3 is 2.57 bits per heavy atom. The number of carbonyl (C=O) groups is 2. The summed E-state index contributed by atoms with van der Waals surface area (Å²) in [6, 6.07) is 7.58. The van der Waals surface area contributed by atoms with E-state index in [4.69, 9.17) is 9.47 Å². The molecule has 6 nitrogen and oxygen atoms in total. The van der Waals surface area contributed by atoms with Gasteiger partial charge < -0.3 is 19.7 Å². The Morgan fingerprint density at radius 1 is 1.18 bits per heavy atom. The van der Waals surface area contributed by atoms with Gasteiger partial charge in [-0.1, -0.05) is 26.8 Å². The van der Waals surface area contributed by atoms with Gasteiger partial charge in [0.15, 0.2) is 11.5 Å². The van der Waals surface area contributed by atoms with Crippen molar-refractivity contribution in [2.75, 3.05) is 18.7 Å². The number of nitrogens with zero attached hydrogens (tertiary/aromatic N) is 1. The standard InChI is InChI=1S/C21H26N2O4S/c1-6-23(11-14-7-8-15-16(10-14)27-12-26-15)19(24)18-13(2)9-17(28-18)22-20(25)21(3,4)5/h7-10H,6,11-12H2,1-5H3,(H,22,25). The van der Waals surface area contributed by atoms with Crippen LogP contribution in [0.2, 0.25) is 0 Å². The third-order valence-electron chi connectivity index (χ3n) is 4.51. The molecule has 1 aliphatic rings. The molecule has 3 rings (SSSR count). The number of hydrogen-bond acceptors (Lipinski definition) is 5. The Bertz CT molecular complexity index is 898. The van der Waals surface area contributed by atoms with Crippen molar-refractivity contribution in [3.8, 4) is 11.5 Å². The Hall–Kier alpha value is -2.54. The highest BCUT2D eigenvalue weighted by Gasteiger charge is 2.24. The highest BCUT2D eigenvalue weighted by Crippen LogP contribution is 2.33. The molecule has 2 aromatic rings. The number of nitrogens with one attached hydrogen (secondary N) is 1. The number of anilines is 1. The van der Waals surface area contributed by atoms with Gasteiger partial charge in [0.25, 0.3) is 5.91 Å². The van der Waals surface area contributed by atoms with Crippen molar-refractivity contribution in [1.82, 2.24) is 4.90 Å².